The highest BCUT2D eigenvalue weighted by atomic mass is 35.5. The third kappa shape index (κ3) is 2.31. The van der Waals surface area contributed by atoms with Crippen molar-refractivity contribution in [2.75, 3.05) is 4.90 Å². The Labute approximate surface area is 199 Å². The predicted molar refractivity (Wildman–Crippen MR) is 124 cm³/mol. The number of carbonyl (C=O) groups excluding carboxylic acids is 3. The molecule has 3 aliphatic carbocycles. The number of halogens is 1. The van der Waals surface area contributed by atoms with Gasteiger partial charge in [-0.25, -0.2) is 9.69 Å². The van der Waals surface area contributed by atoms with Gasteiger partial charge in [0.15, 0.2) is 0 Å². The van der Waals surface area contributed by atoms with Crippen molar-refractivity contribution in [3.63, 3.8) is 0 Å². The molecule has 168 valence electrons. The normalized spacial score (nSPS) is 26.2. The second-order valence-electron chi connectivity index (χ2n) is 9.00. The lowest BCUT2D eigenvalue weighted by Crippen LogP contribution is -2.57. The van der Waals surface area contributed by atoms with Gasteiger partial charge in [0.25, 0.3) is 0 Å². The molecule has 6 nitrogen and oxygen atoms in total. The maximum atomic E-state index is 14.0. The number of imide groups is 1. The zero-order chi connectivity index (χ0) is 23.9. The number of benzene rings is 3. The molecule has 0 unspecified atom stereocenters. The number of carboxylic acids is 1. The molecule has 1 fully saturated rings. The van der Waals surface area contributed by atoms with Crippen LogP contribution >= 0.6 is 11.6 Å². The van der Waals surface area contributed by atoms with Gasteiger partial charge in [-0.3, -0.25) is 14.4 Å². The second-order valence-corrected chi connectivity index (χ2v) is 9.41. The Morgan fingerprint density at radius 3 is 2.06 bits per heavy atom. The molecule has 3 aromatic carbocycles. The maximum Gasteiger partial charge on any atom is 0.337 e. The summed E-state index contributed by atoms with van der Waals surface area (Å²) < 4.78 is 0. The zero-order valence-corrected chi connectivity index (χ0v) is 18.7. The number of ketones is 1. The molecule has 1 saturated heterocycles. The minimum atomic E-state index is -1.30. The molecule has 1 heterocycles. The summed E-state index contributed by atoms with van der Waals surface area (Å²) >= 11 is 6.02. The summed E-state index contributed by atoms with van der Waals surface area (Å²) in [6, 6.07) is 19.1. The lowest BCUT2D eigenvalue weighted by Gasteiger charge is -2.52. The van der Waals surface area contributed by atoms with Gasteiger partial charge in [-0.05, 0) is 47.4 Å². The fourth-order valence-corrected chi connectivity index (χ4v) is 6.64. The molecular formula is C27H18ClNO5. The zero-order valence-electron chi connectivity index (χ0n) is 18.0. The van der Waals surface area contributed by atoms with Crippen LogP contribution in [0.4, 0.5) is 5.69 Å². The van der Waals surface area contributed by atoms with Gasteiger partial charge >= 0.3 is 5.97 Å². The van der Waals surface area contributed by atoms with Crippen molar-refractivity contribution in [2.24, 2.45) is 11.8 Å². The first kappa shape index (κ1) is 20.8. The molecule has 0 radical (unpaired) electrons. The summed E-state index contributed by atoms with van der Waals surface area (Å²) in [5.41, 5.74) is 1.92. The molecule has 2 bridgehead atoms. The largest absolute Gasteiger partial charge is 0.478 e. The van der Waals surface area contributed by atoms with Crippen molar-refractivity contribution in [1.82, 2.24) is 0 Å². The Balaban J connectivity index is 1.63. The first-order valence-electron chi connectivity index (χ1n) is 10.9. The van der Waals surface area contributed by atoms with E-state index in [-0.39, 0.29) is 28.0 Å². The summed E-state index contributed by atoms with van der Waals surface area (Å²) in [5.74, 6) is -4.48. The fourth-order valence-electron chi connectivity index (χ4n) is 6.44. The molecule has 7 heteroatoms. The SMILES string of the molecule is CC(=O)C12c3ccccc3C(c3ccccc31)[C@H]1C(=O)N(c3ccc(Cl)c(C(=O)O)c3)C(=O)[C@H]12. The molecule has 2 amide bonds. The van der Waals surface area contributed by atoms with Crippen LogP contribution in [0.5, 0.6) is 0 Å². The first-order valence-corrected chi connectivity index (χ1v) is 11.3. The lowest BCUT2D eigenvalue weighted by atomic mass is 9.46. The highest BCUT2D eigenvalue weighted by Gasteiger charge is 2.70. The number of hydrogen-bond acceptors (Lipinski definition) is 4. The van der Waals surface area contributed by atoms with Crippen LogP contribution in [0.25, 0.3) is 0 Å². The van der Waals surface area contributed by atoms with E-state index < -0.39 is 35.0 Å². The number of amides is 2. The average molecular weight is 472 g/mol. The molecule has 2 atom stereocenters. The van der Waals surface area contributed by atoms with E-state index in [4.69, 9.17) is 11.6 Å². The van der Waals surface area contributed by atoms with Crippen molar-refractivity contribution in [3.8, 4) is 0 Å². The molecule has 0 aromatic heterocycles. The van der Waals surface area contributed by atoms with Gasteiger partial charge < -0.3 is 5.11 Å². The van der Waals surface area contributed by atoms with E-state index in [1.807, 2.05) is 48.5 Å². The van der Waals surface area contributed by atoms with Crippen molar-refractivity contribution < 1.29 is 24.3 Å². The van der Waals surface area contributed by atoms with Crippen LogP contribution in [0.1, 0.15) is 45.5 Å². The van der Waals surface area contributed by atoms with Crippen molar-refractivity contribution >= 4 is 40.9 Å². The van der Waals surface area contributed by atoms with Crippen LogP contribution in [0, 0.1) is 11.8 Å². The van der Waals surface area contributed by atoms with E-state index in [9.17, 15) is 24.3 Å². The third-order valence-electron chi connectivity index (χ3n) is 7.61. The molecular weight excluding hydrogens is 454 g/mol. The first-order chi connectivity index (χ1) is 16.3. The van der Waals surface area contributed by atoms with E-state index >= 15 is 0 Å². The standard InChI is InChI=1S/C27H18ClNO5/c1-13(30)27-18-8-4-2-6-15(18)21(16-7-3-5-9-19(16)27)22-23(27)25(32)29(24(22)31)14-10-11-20(28)17(12-14)26(33)34/h2-12,21-23H,1H3,(H,33,34)/t21?,22-,23+,27?/m1/s1. The van der Waals surface area contributed by atoms with E-state index in [1.165, 1.54) is 25.1 Å². The quantitative estimate of drug-likeness (QED) is 0.579. The van der Waals surface area contributed by atoms with Gasteiger partial charge in [0.1, 0.15) is 5.78 Å². The molecule has 0 saturated carbocycles. The maximum absolute atomic E-state index is 14.0. The lowest BCUT2D eigenvalue weighted by molar-refractivity contribution is -0.132. The van der Waals surface area contributed by atoms with Gasteiger partial charge in [0.2, 0.25) is 11.8 Å². The molecule has 3 aromatic rings. The van der Waals surface area contributed by atoms with Crippen LogP contribution in [0.3, 0.4) is 0 Å². The number of Topliss-reactive ketones (excluding diaryl/α,β-unsaturated/α-hetero) is 1. The van der Waals surface area contributed by atoms with E-state index in [0.717, 1.165) is 27.2 Å². The molecule has 1 aliphatic heterocycles. The molecule has 1 N–H and O–H groups in total. The van der Waals surface area contributed by atoms with Crippen LogP contribution in [-0.2, 0) is 19.8 Å². The predicted octanol–water partition coefficient (Wildman–Crippen LogP) is 4.18. The van der Waals surface area contributed by atoms with Gasteiger partial charge in [-0.1, -0.05) is 60.1 Å². The van der Waals surface area contributed by atoms with Gasteiger partial charge in [0.05, 0.1) is 33.5 Å². The Kier molecular flexibility index (Phi) is 4.20. The highest BCUT2D eigenvalue weighted by molar-refractivity contribution is 6.34. The van der Waals surface area contributed by atoms with E-state index in [1.54, 1.807) is 0 Å². The average Bonchev–Trinajstić information content (AvgIpc) is 3.10. The van der Waals surface area contributed by atoms with Crippen molar-refractivity contribution in [2.45, 2.75) is 18.3 Å². The number of anilines is 1. The summed E-state index contributed by atoms with van der Waals surface area (Å²) in [5, 5.41) is 9.51. The van der Waals surface area contributed by atoms with Crippen LogP contribution in [0.15, 0.2) is 66.7 Å². The van der Waals surface area contributed by atoms with Crippen molar-refractivity contribution in [1.29, 1.82) is 0 Å². The second kappa shape index (κ2) is 6.87. The fraction of sp³-hybridized carbons (Fsp3) is 0.185. The highest BCUT2D eigenvalue weighted by Crippen LogP contribution is 2.64. The van der Waals surface area contributed by atoms with Crippen LogP contribution < -0.4 is 4.90 Å². The van der Waals surface area contributed by atoms with Gasteiger partial charge in [0, 0.05) is 5.92 Å². The topological polar surface area (TPSA) is 91.8 Å². The number of carboxylic acid groups (broad SMARTS) is 1. The number of rotatable bonds is 3. The van der Waals surface area contributed by atoms with Crippen LogP contribution in [-0.4, -0.2) is 28.7 Å². The monoisotopic (exact) mass is 471 g/mol. The third-order valence-corrected chi connectivity index (χ3v) is 7.94. The van der Waals surface area contributed by atoms with E-state index in [0.29, 0.717) is 0 Å². The smallest absolute Gasteiger partial charge is 0.337 e. The summed E-state index contributed by atoms with van der Waals surface area (Å²) in [4.78, 5) is 54.1. The van der Waals surface area contributed by atoms with E-state index in [2.05, 4.69) is 0 Å². The Hall–Kier alpha value is -3.77. The number of carbonyl (C=O) groups is 4. The van der Waals surface area contributed by atoms with Crippen molar-refractivity contribution in [3.05, 3.63) is 99.6 Å². The van der Waals surface area contributed by atoms with Gasteiger partial charge in [-0.2, -0.15) is 0 Å². The Morgan fingerprint density at radius 1 is 0.912 bits per heavy atom. The Bertz CT molecular complexity index is 1410. The molecule has 4 aliphatic rings. The minimum absolute atomic E-state index is 0.00727. The van der Waals surface area contributed by atoms with Crippen LogP contribution in [0.2, 0.25) is 5.02 Å². The molecule has 0 spiro atoms. The summed E-state index contributed by atoms with van der Waals surface area (Å²) in [7, 11) is 0. The summed E-state index contributed by atoms with van der Waals surface area (Å²) in [6.07, 6.45) is 0. The Morgan fingerprint density at radius 2 is 1.50 bits per heavy atom. The number of nitrogens with zero attached hydrogens (tertiary/aromatic N) is 1. The minimum Gasteiger partial charge on any atom is -0.478 e. The molecule has 7 rings (SSSR count). The molecule has 34 heavy (non-hydrogen) atoms. The number of hydrogen-bond donors (Lipinski definition) is 1. The number of aromatic carboxylic acids is 1. The van der Waals surface area contributed by atoms with Gasteiger partial charge in [-0.15, -0.1) is 0 Å². The summed E-state index contributed by atoms with van der Waals surface area (Å²) in [6.45, 7) is 1.47.